The van der Waals surface area contributed by atoms with Crippen molar-refractivity contribution in [1.29, 1.82) is 0 Å². The Kier molecular flexibility index (Phi) is 4.99. The number of nitrogens with zero attached hydrogens (tertiary/aromatic N) is 4. The van der Waals surface area contributed by atoms with Gasteiger partial charge in [0, 0.05) is 25.2 Å². The van der Waals surface area contributed by atoms with Crippen LogP contribution < -0.4 is 10.6 Å². The largest absolute Gasteiger partial charge is 0.367 e. The SMILES string of the molecule is Cc1cc(C)n(-c2ccc(NCCNC(=O)CC34CC5CC(CC(C5)C3)C4)nn2)n1. The van der Waals surface area contributed by atoms with Gasteiger partial charge in [-0.25, -0.2) is 4.68 Å². The lowest BCUT2D eigenvalue weighted by atomic mass is 9.49. The third kappa shape index (κ3) is 3.94. The van der Waals surface area contributed by atoms with Crippen LogP contribution in [0, 0.1) is 37.0 Å². The molecule has 1 amide bonds. The zero-order chi connectivity index (χ0) is 20.7. The van der Waals surface area contributed by atoms with Crippen molar-refractivity contribution < 1.29 is 4.79 Å². The Morgan fingerprint density at radius 1 is 1.07 bits per heavy atom. The molecule has 0 spiro atoms. The summed E-state index contributed by atoms with van der Waals surface area (Å²) >= 11 is 0. The van der Waals surface area contributed by atoms with Crippen LogP contribution in [0.2, 0.25) is 0 Å². The van der Waals surface area contributed by atoms with E-state index in [0.29, 0.717) is 36.6 Å². The van der Waals surface area contributed by atoms with Crippen LogP contribution >= 0.6 is 0 Å². The van der Waals surface area contributed by atoms with Crippen molar-refractivity contribution in [3.8, 4) is 5.82 Å². The van der Waals surface area contributed by atoms with Crippen LogP contribution in [0.25, 0.3) is 5.82 Å². The summed E-state index contributed by atoms with van der Waals surface area (Å²) in [6.45, 7) is 5.21. The number of carbonyl (C=O) groups excluding carboxylic acids is 1. The summed E-state index contributed by atoms with van der Waals surface area (Å²) in [4.78, 5) is 12.6. The molecule has 6 rings (SSSR count). The molecule has 4 aliphatic rings. The van der Waals surface area contributed by atoms with Gasteiger partial charge in [-0.05, 0) is 93.7 Å². The number of aromatic nitrogens is 4. The van der Waals surface area contributed by atoms with Gasteiger partial charge in [0.2, 0.25) is 5.91 Å². The van der Waals surface area contributed by atoms with Crippen LogP contribution in [0.4, 0.5) is 5.82 Å². The summed E-state index contributed by atoms with van der Waals surface area (Å²) in [5, 5.41) is 19.3. The standard InChI is InChI=1S/C23H32N6O/c1-15-7-16(2)29(28-15)21-4-3-20(26-27-21)24-5-6-25-22(30)14-23-11-17-8-18(12-23)10-19(9-17)13-23/h3-4,7,17-19H,5-6,8-14H2,1-2H3,(H,24,26)(H,25,30). The van der Waals surface area contributed by atoms with Crippen LogP contribution in [0.5, 0.6) is 0 Å². The lowest BCUT2D eigenvalue weighted by Gasteiger charge is -2.56. The van der Waals surface area contributed by atoms with E-state index >= 15 is 0 Å². The molecule has 0 aromatic carbocycles. The molecule has 2 heterocycles. The highest BCUT2D eigenvalue weighted by atomic mass is 16.1. The van der Waals surface area contributed by atoms with E-state index in [-0.39, 0.29) is 5.91 Å². The Bertz CT molecular complexity index is 883. The van der Waals surface area contributed by atoms with Crippen LogP contribution in [-0.2, 0) is 4.79 Å². The number of hydrogen-bond donors (Lipinski definition) is 2. The first-order valence-electron chi connectivity index (χ1n) is 11.4. The number of carbonyl (C=O) groups is 1. The zero-order valence-electron chi connectivity index (χ0n) is 18.0. The van der Waals surface area contributed by atoms with Gasteiger partial charge < -0.3 is 10.6 Å². The van der Waals surface area contributed by atoms with Crippen molar-refractivity contribution in [2.45, 2.75) is 58.8 Å². The minimum absolute atomic E-state index is 0.213. The van der Waals surface area contributed by atoms with Crippen LogP contribution in [0.1, 0.15) is 56.3 Å². The van der Waals surface area contributed by atoms with Gasteiger partial charge in [0.25, 0.3) is 0 Å². The predicted molar refractivity (Wildman–Crippen MR) is 115 cm³/mol. The summed E-state index contributed by atoms with van der Waals surface area (Å²) in [5.41, 5.74) is 2.29. The molecule has 2 aromatic rings. The second kappa shape index (κ2) is 7.67. The summed E-state index contributed by atoms with van der Waals surface area (Å²) in [7, 11) is 0. The van der Waals surface area contributed by atoms with Crippen LogP contribution in [0.15, 0.2) is 18.2 Å². The second-order valence-corrected chi connectivity index (χ2v) is 9.99. The monoisotopic (exact) mass is 408 g/mol. The Labute approximate surface area is 178 Å². The molecule has 4 fully saturated rings. The Morgan fingerprint density at radius 2 is 1.77 bits per heavy atom. The van der Waals surface area contributed by atoms with Gasteiger partial charge in [0.1, 0.15) is 5.82 Å². The molecule has 2 N–H and O–H groups in total. The quantitative estimate of drug-likeness (QED) is 0.686. The van der Waals surface area contributed by atoms with Crippen molar-refractivity contribution in [3.63, 3.8) is 0 Å². The van der Waals surface area contributed by atoms with Gasteiger partial charge in [-0.15, -0.1) is 10.2 Å². The fraction of sp³-hybridized carbons (Fsp3) is 0.652. The topological polar surface area (TPSA) is 84.7 Å². The molecule has 0 radical (unpaired) electrons. The maximum atomic E-state index is 12.6. The molecule has 160 valence electrons. The summed E-state index contributed by atoms with van der Waals surface area (Å²) in [6, 6.07) is 5.82. The average molecular weight is 409 g/mol. The van der Waals surface area contributed by atoms with Gasteiger partial charge in [-0.3, -0.25) is 4.79 Å². The van der Waals surface area contributed by atoms with Crippen molar-refractivity contribution >= 4 is 11.7 Å². The molecule has 7 nitrogen and oxygen atoms in total. The van der Waals surface area contributed by atoms with E-state index < -0.39 is 0 Å². The molecule has 0 saturated heterocycles. The second-order valence-electron chi connectivity index (χ2n) is 9.99. The molecule has 0 unspecified atom stereocenters. The van der Waals surface area contributed by atoms with E-state index in [9.17, 15) is 4.79 Å². The smallest absolute Gasteiger partial charge is 0.220 e. The minimum atomic E-state index is 0.213. The Balaban J connectivity index is 1.08. The Morgan fingerprint density at radius 3 is 2.33 bits per heavy atom. The third-order valence-corrected chi connectivity index (χ3v) is 7.33. The highest BCUT2D eigenvalue weighted by Gasteiger charge is 2.51. The molecular formula is C23H32N6O. The normalized spacial score (nSPS) is 29.2. The van der Waals surface area contributed by atoms with Crippen molar-refractivity contribution in [3.05, 3.63) is 29.6 Å². The fourth-order valence-electron chi connectivity index (χ4n) is 6.70. The maximum Gasteiger partial charge on any atom is 0.220 e. The van der Waals surface area contributed by atoms with Crippen molar-refractivity contribution in [2.24, 2.45) is 23.2 Å². The lowest BCUT2D eigenvalue weighted by Crippen LogP contribution is -2.48. The maximum absolute atomic E-state index is 12.6. The molecule has 7 heteroatoms. The summed E-state index contributed by atoms with van der Waals surface area (Å²) < 4.78 is 1.79. The minimum Gasteiger partial charge on any atom is -0.367 e. The summed E-state index contributed by atoms with van der Waals surface area (Å²) in [6.07, 6.45) is 8.82. The first-order valence-corrected chi connectivity index (χ1v) is 11.4. The predicted octanol–water partition coefficient (Wildman–Crippen LogP) is 3.41. The van der Waals surface area contributed by atoms with E-state index in [4.69, 9.17) is 0 Å². The fourth-order valence-corrected chi connectivity index (χ4v) is 6.70. The van der Waals surface area contributed by atoms with Crippen LogP contribution in [-0.4, -0.2) is 39.0 Å². The van der Waals surface area contributed by atoms with Gasteiger partial charge in [0.15, 0.2) is 5.82 Å². The molecule has 2 aromatic heterocycles. The van der Waals surface area contributed by atoms with E-state index in [2.05, 4.69) is 25.9 Å². The lowest BCUT2D eigenvalue weighted by molar-refractivity contribution is -0.129. The van der Waals surface area contributed by atoms with Gasteiger partial charge in [0.05, 0.1) is 5.69 Å². The third-order valence-electron chi connectivity index (χ3n) is 7.33. The van der Waals surface area contributed by atoms with Crippen LogP contribution in [0.3, 0.4) is 0 Å². The number of nitrogens with one attached hydrogen (secondary N) is 2. The van der Waals surface area contributed by atoms with E-state index in [1.807, 2.05) is 32.0 Å². The molecule has 0 aliphatic heterocycles. The number of aryl methyl sites for hydroxylation is 2. The summed E-state index contributed by atoms with van der Waals surface area (Å²) in [5.74, 6) is 4.29. The zero-order valence-corrected chi connectivity index (χ0v) is 18.0. The van der Waals surface area contributed by atoms with E-state index in [0.717, 1.165) is 29.1 Å². The number of rotatable bonds is 7. The molecule has 4 aliphatic carbocycles. The number of anilines is 1. The highest BCUT2D eigenvalue weighted by Crippen LogP contribution is 2.61. The van der Waals surface area contributed by atoms with E-state index in [1.165, 1.54) is 38.5 Å². The van der Waals surface area contributed by atoms with Gasteiger partial charge in [-0.1, -0.05) is 0 Å². The molecule has 4 saturated carbocycles. The highest BCUT2D eigenvalue weighted by molar-refractivity contribution is 5.76. The average Bonchev–Trinajstić information content (AvgIpc) is 3.02. The molecular weight excluding hydrogens is 376 g/mol. The van der Waals surface area contributed by atoms with Gasteiger partial charge in [-0.2, -0.15) is 5.10 Å². The molecule has 30 heavy (non-hydrogen) atoms. The first kappa shape index (κ1) is 19.5. The number of hydrogen-bond acceptors (Lipinski definition) is 5. The van der Waals surface area contributed by atoms with Crippen molar-refractivity contribution in [1.82, 2.24) is 25.3 Å². The number of amides is 1. The Hall–Kier alpha value is -2.44. The molecule has 0 atom stereocenters. The van der Waals surface area contributed by atoms with E-state index in [1.54, 1.807) is 4.68 Å². The van der Waals surface area contributed by atoms with Gasteiger partial charge >= 0.3 is 0 Å². The molecule has 4 bridgehead atoms. The first-order chi connectivity index (χ1) is 14.5. The van der Waals surface area contributed by atoms with Crippen molar-refractivity contribution in [2.75, 3.05) is 18.4 Å².